The van der Waals surface area contributed by atoms with Crippen molar-refractivity contribution < 1.29 is 19.1 Å². The van der Waals surface area contributed by atoms with Gasteiger partial charge in [-0.3, -0.25) is 4.63 Å². The molecule has 21 heavy (non-hydrogen) atoms. The van der Waals surface area contributed by atoms with E-state index in [0.29, 0.717) is 34.8 Å². The van der Waals surface area contributed by atoms with Gasteiger partial charge in [-0.05, 0) is 17.0 Å². The van der Waals surface area contributed by atoms with Crippen LogP contribution in [0, 0.1) is 11.0 Å². The molecule has 0 atom stereocenters. The minimum absolute atomic E-state index is 0.0754. The van der Waals surface area contributed by atoms with Gasteiger partial charge in [0, 0.05) is 18.0 Å². The molecule has 2 heterocycles. The lowest BCUT2D eigenvalue weighted by Crippen LogP contribution is -2.29. The fourth-order valence-corrected chi connectivity index (χ4v) is 2.57. The second-order valence-electron chi connectivity index (χ2n) is 4.75. The molecule has 0 bridgehead atoms. The van der Waals surface area contributed by atoms with E-state index in [0.717, 1.165) is 4.73 Å². The highest BCUT2D eigenvalue weighted by Crippen LogP contribution is 2.33. The number of nitrogens with zero attached hydrogens (tertiary/aromatic N) is 4. The zero-order valence-electron chi connectivity index (χ0n) is 10.7. The van der Waals surface area contributed by atoms with Crippen LogP contribution in [-0.2, 0) is 12.8 Å². The van der Waals surface area contributed by atoms with Gasteiger partial charge in [0.05, 0.1) is 11.3 Å². The van der Waals surface area contributed by atoms with Gasteiger partial charge in [-0.15, -0.1) is 0 Å². The summed E-state index contributed by atoms with van der Waals surface area (Å²) in [6, 6.07) is 6.02. The third-order valence-electron chi connectivity index (χ3n) is 3.59. The molecule has 106 valence electrons. The van der Waals surface area contributed by atoms with Crippen LogP contribution in [-0.4, -0.2) is 20.1 Å². The third-order valence-corrected chi connectivity index (χ3v) is 3.59. The largest absolute Gasteiger partial charge is 0.427 e. The quantitative estimate of drug-likeness (QED) is 0.538. The molecule has 1 aliphatic carbocycles. The molecule has 0 amide bonds. The SMILES string of the molecule is [O-][n+]1onc2c1CCc1c-2nc(-c2ccccc2F)n1O. The molecule has 0 unspecified atom stereocenters. The Morgan fingerprint density at radius 3 is 2.90 bits per heavy atom. The average molecular weight is 288 g/mol. The lowest BCUT2D eigenvalue weighted by atomic mass is 10.0. The van der Waals surface area contributed by atoms with Crippen LogP contribution in [0.1, 0.15) is 11.4 Å². The Morgan fingerprint density at radius 2 is 2.10 bits per heavy atom. The number of halogens is 1. The lowest BCUT2D eigenvalue weighted by molar-refractivity contribution is -0.807. The highest BCUT2D eigenvalue weighted by Gasteiger charge is 2.34. The fraction of sp³-hybridized carbons (Fsp3) is 0.154. The Balaban J connectivity index is 1.95. The Kier molecular flexibility index (Phi) is 2.29. The van der Waals surface area contributed by atoms with E-state index in [-0.39, 0.29) is 17.1 Å². The molecule has 2 aromatic heterocycles. The predicted molar refractivity (Wildman–Crippen MR) is 66.7 cm³/mol. The second-order valence-corrected chi connectivity index (χ2v) is 4.75. The van der Waals surface area contributed by atoms with Crippen molar-refractivity contribution in [3.05, 3.63) is 46.7 Å². The van der Waals surface area contributed by atoms with Crippen LogP contribution < -0.4 is 4.90 Å². The first-order chi connectivity index (χ1) is 10.2. The molecule has 1 aromatic carbocycles. The molecule has 0 aliphatic heterocycles. The van der Waals surface area contributed by atoms with Gasteiger partial charge in [0.2, 0.25) is 5.69 Å². The number of rotatable bonds is 1. The number of aromatic nitrogens is 4. The van der Waals surface area contributed by atoms with E-state index < -0.39 is 5.82 Å². The van der Waals surface area contributed by atoms with Gasteiger partial charge in [-0.1, -0.05) is 12.1 Å². The Labute approximate surface area is 117 Å². The van der Waals surface area contributed by atoms with Crippen molar-refractivity contribution in [3.8, 4) is 22.8 Å². The van der Waals surface area contributed by atoms with Crippen molar-refractivity contribution in [1.29, 1.82) is 0 Å². The number of imidazole rings is 1. The minimum Gasteiger partial charge on any atom is -0.427 e. The van der Waals surface area contributed by atoms with Gasteiger partial charge in [0.25, 0.3) is 5.69 Å². The summed E-state index contributed by atoms with van der Waals surface area (Å²) in [5.41, 5.74) is 1.65. The summed E-state index contributed by atoms with van der Waals surface area (Å²) < 4.78 is 19.3. The van der Waals surface area contributed by atoms with Crippen molar-refractivity contribution in [2.24, 2.45) is 0 Å². The normalized spacial score (nSPS) is 13.0. The Morgan fingerprint density at radius 1 is 1.29 bits per heavy atom. The Bertz CT molecular complexity index is 855. The van der Waals surface area contributed by atoms with Crippen molar-refractivity contribution >= 4 is 0 Å². The maximum Gasteiger partial charge on any atom is 0.271 e. The standard InChI is InChI=1S/C13H9FN4O3/c14-8-4-2-1-3-7(8)13-15-11-9(17(13)19)5-6-10-12(11)16-21-18(10)20/h1-4,19H,5-6H2. The zero-order valence-corrected chi connectivity index (χ0v) is 10.7. The second kappa shape index (κ2) is 4.05. The van der Waals surface area contributed by atoms with E-state index in [1.807, 2.05) is 0 Å². The van der Waals surface area contributed by atoms with Crippen molar-refractivity contribution in [2.45, 2.75) is 12.8 Å². The van der Waals surface area contributed by atoms with Crippen LogP contribution >= 0.6 is 0 Å². The molecule has 0 fully saturated rings. The highest BCUT2D eigenvalue weighted by atomic mass is 19.1. The summed E-state index contributed by atoms with van der Waals surface area (Å²) in [6.45, 7) is 0. The van der Waals surface area contributed by atoms with E-state index >= 15 is 0 Å². The molecule has 0 radical (unpaired) electrons. The first-order valence-electron chi connectivity index (χ1n) is 6.31. The molecule has 0 saturated heterocycles. The number of hydrogen-bond donors (Lipinski definition) is 1. The van der Waals surface area contributed by atoms with E-state index in [2.05, 4.69) is 14.8 Å². The first-order valence-corrected chi connectivity index (χ1v) is 6.31. The van der Waals surface area contributed by atoms with Gasteiger partial charge in [0.1, 0.15) is 11.5 Å². The monoisotopic (exact) mass is 288 g/mol. The summed E-state index contributed by atoms with van der Waals surface area (Å²) in [5, 5.41) is 25.3. The molecular weight excluding hydrogens is 279 g/mol. The average Bonchev–Trinajstić information content (AvgIpc) is 3.01. The summed E-state index contributed by atoms with van der Waals surface area (Å²) in [5.74, 6) is -0.416. The molecule has 3 aromatic rings. The van der Waals surface area contributed by atoms with Crippen molar-refractivity contribution in [3.63, 3.8) is 0 Å². The van der Waals surface area contributed by atoms with Crippen LogP contribution in [0.5, 0.6) is 0 Å². The van der Waals surface area contributed by atoms with E-state index in [9.17, 15) is 14.8 Å². The van der Waals surface area contributed by atoms with Gasteiger partial charge in [-0.2, -0.15) is 4.73 Å². The lowest BCUT2D eigenvalue weighted by Gasteiger charge is -2.07. The number of benzene rings is 1. The van der Waals surface area contributed by atoms with Gasteiger partial charge in [-0.25, -0.2) is 9.37 Å². The molecule has 7 nitrogen and oxygen atoms in total. The maximum atomic E-state index is 13.9. The molecule has 1 aliphatic rings. The summed E-state index contributed by atoms with van der Waals surface area (Å²) in [4.78, 5) is 4.57. The third kappa shape index (κ3) is 1.55. The molecule has 0 spiro atoms. The van der Waals surface area contributed by atoms with Crippen LogP contribution in [0.3, 0.4) is 0 Å². The van der Waals surface area contributed by atoms with Gasteiger partial charge < -0.3 is 10.4 Å². The van der Waals surface area contributed by atoms with E-state index in [1.165, 1.54) is 12.1 Å². The summed E-state index contributed by atoms with van der Waals surface area (Å²) in [7, 11) is 0. The van der Waals surface area contributed by atoms with Crippen molar-refractivity contribution in [2.75, 3.05) is 0 Å². The van der Waals surface area contributed by atoms with Crippen LogP contribution in [0.2, 0.25) is 0 Å². The van der Waals surface area contributed by atoms with Crippen LogP contribution in [0.15, 0.2) is 28.9 Å². The number of fused-ring (bicyclic) bond motifs is 3. The van der Waals surface area contributed by atoms with Gasteiger partial charge >= 0.3 is 0 Å². The molecule has 4 rings (SSSR count). The van der Waals surface area contributed by atoms with E-state index in [1.54, 1.807) is 12.1 Å². The summed E-state index contributed by atoms with van der Waals surface area (Å²) in [6.07, 6.45) is 0.766. The minimum atomic E-state index is -0.491. The van der Waals surface area contributed by atoms with Gasteiger partial charge in [0.15, 0.2) is 5.82 Å². The fourth-order valence-electron chi connectivity index (χ4n) is 2.57. The van der Waals surface area contributed by atoms with E-state index in [4.69, 9.17) is 0 Å². The molecular formula is C13H9FN4O3. The maximum absolute atomic E-state index is 13.9. The van der Waals surface area contributed by atoms with Crippen molar-refractivity contribution in [1.82, 2.24) is 14.9 Å². The van der Waals surface area contributed by atoms with Crippen LogP contribution in [0.4, 0.5) is 4.39 Å². The smallest absolute Gasteiger partial charge is 0.271 e. The topological polar surface area (TPSA) is 91.0 Å². The molecule has 0 saturated carbocycles. The number of hydrogen-bond acceptors (Lipinski definition) is 5. The first kappa shape index (κ1) is 11.9. The van der Waals surface area contributed by atoms with Crippen LogP contribution in [0.25, 0.3) is 22.8 Å². The highest BCUT2D eigenvalue weighted by molar-refractivity contribution is 5.68. The molecule has 8 heteroatoms. The Hall–Kier alpha value is -2.90. The summed E-state index contributed by atoms with van der Waals surface area (Å²) >= 11 is 0. The zero-order chi connectivity index (χ0) is 14.6. The predicted octanol–water partition coefficient (Wildman–Crippen LogP) is 1.31. The molecule has 1 N–H and O–H groups in total.